The van der Waals surface area contributed by atoms with Crippen molar-refractivity contribution in [2.24, 2.45) is 0 Å². The van der Waals surface area contributed by atoms with Crippen LogP contribution in [0.25, 0.3) is 11.0 Å². The third-order valence-corrected chi connectivity index (χ3v) is 3.16. The van der Waals surface area contributed by atoms with Crippen molar-refractivity contribution in [1.29, 1.82) is 0 Å². The molecule has 3 heterocycles. The minimum atomic E-state index is 0.479. The Morgan fingerprint density at radius 3 is 3.05 bits per heavy atom. The first-order valence-corrected chi connectivity index (χ1v) is 6.39. The molecular weight excluding hydrogens is 264 g/mol. The van der Waals surface area contributed by atoms with Gasteiger partial charge in [-0.05, 0) is 30.7 Å². The summed E-state index contributed by atoms with van der Waals surface area (Å²) in [5, 5.41) is 3.57. The fourth-order valence-electron chi connectivity index (χ4n) is 2.05. The van der Waals surface area contributed by atoms with Gasteiger partial charge in [-0.3, -0.25) is 4.79 Å². The van der Waals surface area contributed by atoms with Crippen molar-refractivity contribution in [3.8, 4) is 11.8 Å². The van der Waals surface area contributed by atoms with Gasteiger partial charge in [0.25, 0.3) is 0 Å². The van der Waals surface area contributed by atoms with Crippen LogP contribution in [-0.4, -0.2) is 21.4 Å². The summed E-state index contributed by atoms with van der Waals surface area (Å²) < 4.78 is 0. The van der Waals surface area contributed by atoms with Gasteiger partial charge < -0.3 is 10.3 Å². The standard InChI is InChI=1S/C16H12N4O/c1-11-13(9-19-16-14(11)5-7-18-16)3-2-12-4-6-17-15(8-12)20-10-21/h4-10H,1H3,(H,18,19)(H,17,20,21). The zero-order chi connectivity index (χ0) is 14.7. The molecule has 0 spiro atoms. The molecule has 0 saturated heterocycles. The molecule has 5 nitrogen and oxygen atoms in total. The number of fused-ring (bicyclic) bond motifs is 1. The van der Waals surface area contributed by atoms with E-state index in [1.165, 1.54) is 0 Å². The fourth-order valence-corrected chi connectivity index (χ4v) is 2.05. The number of carbonyl (C=O) groups is 1. The largest absolute Gasteiger partial charge is 0.346 e. The zero-order valence-corrected chi connectivity index (χ0v) is 11.3. The van der Waals surface area contributed by atoms with Gasteiger partial charge >= 0.3 is 0 Å². The second kappa shape index (κ2) is 5.47. The van der Waals surface area contributed by atoms with E-state index in [0.717, 1.165) is 27.7 Å². The van der Waals surface area contributed by atoms with Crippen molar-refractivity contribution in [3.63, 3.8) is 0 Å². The Morgan fingerprint density at radius 2 is 2.19 bits per heavy atom. The first-order chi connectivity index (χ1) is 10.3. The molecular formula is C16H12N4O. The molecule has 3 rings (SSSR count). The molecule has 1 amide bonds. The van der Waals surface area contributed by atoms with Crippen molar-refractivity contribution in [1.82, 2.24) is 15.0 Å². The van der Waals surface area contributed by atoms with Gasteiger partial charge in [0.2, 0.25) is 6.41 Å². The number of carbonyl (C=O) groups excluding carboxylic acids is 1. The number of aryl methyl sites for hydroxylation is 1. The van der Waals surface area contributed by atoms with Crippen LogP contribution in [0.1, 0.15) is 16.7 Å². The van der Waals surface area contributed by atoms with Crippen molar-refractivity contribution in [2.45, 2.75) is 6.92 Å². The molecule has 0 aliphatic rings. The quantitative estimate of drug-likeness (QED) is 0.557. The molecule has 21 heavy (non-hydrogen) atoms. The van der Waals surface area contributed by atoms with E-state index < -0.39 is 0 Å². The second-order valence-corrected chi connectivity index (χ2v) is 4.48. The SMILES string of the molecule is Cc1c(C#Cc2ccnc(NC=O)c2)cnc2[nH]ccc12. The van der Waals surface area contributed by atoms with E-state index in [4.69, 9.17) is 0 Å². The lowest BCUT2D eigenvalue weighted by Crippen LogP contribution is -1.96. The van der Waals surface area contributed by atoms with Gasteiger partial charge in [0, 0.05) is 35.1 Å². The van der Waals surface area contributed by atoms with E-state index in [2.05, 4.69) is 32.1 Å². The van der Waals surface area contributed by atoms with Crippen LogP contribution < -0.4 is 5.32 Å². The van der Waals surface area contributed by atoms with Crippen molar-refractivity contribution >= 4 is 23.3 Å². The molecule has 0 aliphatic carbocycles. The van der Waals surface area contributed by atoms with E-state index in [1.807, 2.05) is 19.2 Å². The highest BCUT2D eigenvalue weighted by atomic mass is 16.1. The third kappa shape index (κ3) is 2.60. The number of amides is 1. The molecule has 3 aromatic rings. The monoisotopic (exact) mass is 276 g/mol. The van der Waals surface area contributed by atoms with Crippen LogP contribution in [0.15, 0.2) is 36.8 Å². The Hall–Kier alpha value is -3.13. The molecule has 0 atom stereocenters. The molecule has 0 unspecified atom stereocenters. The Labute approximate surface area is 121 Å². The molecule has 0 saturated carbocycles. The summed E-state index contributed by atoms with van der Waals surface area (Å²) in [5.74, 6) is 6.65. The summed E-state index contributed by atoms with van der Waals surface area (Å²) >= 11 is 0. The number of H-pyrrole nitrogens is 1. The molecule has 0 radical (unpaired) electrons. The third-order valence-electron chi connectivity index (χ3n) is 3.16. The number of nitrogens with one attached hydrogen (secondary N) is 2. The lowest BCUT2D eigenvalue weighted by atomic mass is 10.1. The van der Waals surface area contributed by atoms with Gasteiger partial charge in [0.05, 0.1) is 0 Å². The van der Waals surface area contributed by atoms with Crippen molar-refractivity contribution in [3.05, 3.63) is 53.5 Å². The van der Waals surface area contributed by atoms with Gasteiger partial charge in [-0.25, -0.2) is 9.97 Å². The molecule has 0 fully saturated rings. The first-order valence-electron chi connectivity index (χ1n) is 6.39. The number of anilines is 1. The van der Waals surface area contributed by atoms with Crippen LogP contribution in [-0.2, 0) is 4.79 Å². The Bertz CT molecular complexity index is 871. The maximum absolute atomic E-state index is 10.4. The molecule has 5 heteroatoms. The smallest absolute Gasteiger partial charge is 0.212 e. The predicted octanol–water partition coefficient (Wildman–Crippen LogP) is 2.23. The number of rotatable bonds is 2. The Morgan fingerprint density at radius 1 is 1.29 bits per heavy atom. The minimum absolute atomic E-state index is 0.479. The molecule has 3 aromatic heterocycles. The van der Waals surface area contributed by atoms with Gasteiger partial charge in [0.1, 0.15) is 11.5 Å². The van der Waals surface area contributed by atoms with Crippen molar-refractivity contribution in [2.75, 3.05) is 5.32 Å². The normalized spacial score (nSPS) is 9.95. The highest BCUT2D eigenvalue weighted by molar-refractivity contribution is 5.81. The van der Waals surface area contributed by atoms with Crippen LogP contribution in [0.4, 0.5) is 5.82 Å². The molecule has 0 bridgehead atoms. The molecule has 102 valence electrons. The molecule has 0 aromatic carbocycles. The highest BCUT2D eigenvalue weighted by Gasteiger charge is 2.03. The summed E-state index contributed by atoms with van der Waals surface area (Å²) in [6.07, 6.45) is 5.82. The fraction of sp³-hybridized carbons (Fsp3) is 0.0625. The lowest BCUT2D eigenvalue weighted by molar-refractivity contribution is -0.105. The first kappa shape index (κ1) is 12.9. The summed E-state index contributed by atoms with van der Waals surface area (Å²) in [6, 6.07) is 5.50. The topological polar surface area (TPSA) is 70.7 Å². The number of aromatic amines is 1. The van der Waals surface area contributed by atoms with Gasteiger partial charge in [0.15, 0.2) is 0 Å². The predicted molar refractivity (Wildman–Crippen MR) is 80.7 cm³/mol. The maximum Gasteiger partial charge on any atom is 0.212 e. The highest BCUT2D eigenvalue weighted by Crippen LogP contribution is 2.17. The van der Waals surface area contributed by atoms with Gasteiger partial charge in [-0.1, -0.05) is 11.8 Å². The van der Waals surface area contributed by atoms with Crippen LogP contribution >= 0.6 is 0 Å². The second-order valence-electron chi connectivity index (χ2n) is 4.48. The number of hydrogen-bond acceptors (Lipinski definition) is 3. The minimum Gasteiger partial charge on any atom is -0.346 e. The number of aromatic nitrogens is 3. The summed E-state index contributed by atoms with van der Waals surface area (Å²) in [4.78, 5) is 21.8. The van der Waals surface area contributed by atoms with Crippen LogP contribution in [0.3, 0.4) is 0 Å². The Kier molecular flexibility index (Phi) is 3.36. The van der Waals surface area contributed by atoms with E-state index in [0.29, 0.717) is 12.2 Å². The average Bonchev–Trinajstić information content (AvgIpc) is 2.97. The van der Waals surface area contributed by atoms with Gasteiger partial charge in [-0.15, -0.1) is 0 Å². The van der Waals surface area contributed by atoms with Gasteiger partial charge in [-0.2, -0.15) is 0 Å². The summed E-state index contributed by atoms with van der Waals surface area (Å²) in [5.41, 5.74) is 3.61. The van der Waals surface area contributed by atoms with Crippen LogP contribution in [0.5, 0.6) is 0 Å². The summed E-state index contributed by atoms with van der Waals surface area (Å²) in [6.45, 7) is 2.02. The molecule has 2 N–H and O–H groups in total. The van der Waals surface area contributed by atoms with Crippen LogP contribution in [0, 0.1) is 18.8 Å². The lowest BCUT2D eigenvalue weighted by Gasteiger charge is -1.99. The van der Waals surface area contributed by atoms with E-state index in [9.17, 15) is 4.79 Å². The zero-order valence-electron chi connectivity index (χ0n) is 11.3. The number of pyridine rings is 2. The van der Waals surface area contributed by atoms with Crippen molar-refractivity contribution < 1.29 is 4.79 Å². The van der Waals surface area contributed by atoms with E-state index in [-0.39, 0.29) is 0 Å². The van der Waals surface area contributed by atoms with E-state index >= 15 is 0 Å². The van der Waals surface area contributed by atoms with Crippen LogP contribution in [0.2, 0.25) is 0 Å². The Balaban J connectivity index is 1.97. The maximum atomic E-state index is 10.4. The average molecular weight is 276 g/mol. The number of hydrogen-bond donors (Lipinski definition) is 2. The number of nitrogens with zero attached hydrogens (tertiary/aromatic N) is 2. The van der Waals surface area contributed by atoms with E-state index in [1.54, 1.807) is 24.5 Å². The summed E-state index contributed by atoms with van der Waals surface area (Å²) in [7, 11) is 0. The molecule has 0 aliphatic heterocycles.